The SMILES string of the molecule is CC(C)(C)[Si](OC(=O)/C=C/C(=O)O)(c1ccccc1)c1ccccc1. The molecule has 2 aromatic carbocycles. The molecular weight excluding hydrogens is 332 g/mol. The van der Waals surface area contributed by atoms with E-state index < -0.39 is 20.3 Å². The van der Waals surface area contributed by atoms with Gasteiger partial charge in [0.2, 0.25) is 0 Å². The van der Waals surface area contributed by atoms with Crippen molar-refractivity contribution in [1.82, 2.24) is 0 Å². The zero-order valence-electron chi connectivity index (χ0n) is 14.6. The molecule has 0 saturated carbocycles. The van der Waals surface area contributed by atoms with Crippen LogP contribution < -0.4 is 10.4 Å². The summed E-state index contributed by atoms with van der Waals surface area (Å²) < 4.78 is 6.07. The Morgan fingerprint density at radius 2 is 1.32 bits per heavy atom. The quantitative estimate of drug-likeness (QED) is 0.662. The molecule has 0 radical (unpaired) electrons. The summed E-state index contributed by atoms with van der Waals surface area (Å²) in [7, 11) is -2.98. The second kappa shape index (κ2) is 7.48. The number of hydrogen-bond donors (Lipinski definition) is 1. The molecule has 0 spiro atoms. The zero-order chi connectivity index (χ0) is 18.5. The minimum atomic E-state index is -2.98. The van der Waals surface area contributed by atoms with Gasteiger partial charge in [-0.25, -0.2) is 9.59 Å². The van der Waals surface area contributed by atoms with E-state index in [4.69, 9.17) is 9.53 Å². The zero-order valence-corrected chi connectivity index (χ0v) is 15.6. The molecule has 0 aliphatic rings. The summed E-state index contributed by atoms with van der Waals surface area (Å²) in [4.78, 5) is 23.1. The number of aliphatic carboxylic acids is 1. The molecular formula is C20H22O4Si. The van der Waals surface area contributed by atoms with Crippen LogP contribution in [-0.4, -0.2) is 25.4 Å². The highest BCUT2D eigenvalue weighted by atomic mass is 28.4. The average molecular weight is 354 g/mol. The third-order valence-electron chi connectivity index (χ3n) is 4.03. The monoisotopic (exact) mass is 354 g/mol. The fourth-order valence-electron chi connectivity index (χ4n) is 2.97. The van der Waals surface area contributed by atoms with E-state index in [1.54, 1.807) is 0 Å². The maximum Gasteiger partial charge on any atom is 0.328 e. The van der Waals surface area contributed by atoms with Crippen LogP contribution in [0.1, 0.15) is 20.8 Å². The van der Waals surface area contributed by atoms with E-state index in [0.717, 1.165) is 22.5 Å². The molecule has 0 atom stereocenters. The van der Waals surface area contributed by atoms with Crippen molar-refractivity contribution in [3.05, 3.63) is 72.8 Å². The maximum absolute atomic E-state index is 12.4. The first-order chi connectivity index (χ1) is 11.8. The number of benzene rings is 2. The number of carboxylic acids is 1. The van der Waals surface area contributed by atoms with Gasteiger partial charge in [-0.3, -0.25) is 0 Å². The van der Waals surface area contributed by atoms with Crippen LogP contribution in [0.15, 0.2) is 72.8 Å². The normalized spacial score (nSPS) is 12.1. The summed E-state index contributed by atoms with van der Waals surface area (Å²) in [6, 6.07) is 19.4. The maximum atomic E-state index is 12.4. The van der Waals surface area contributed by atoms with Gasteiger partial charge in [0.1, 0.15) is 0 Å². The highest BCUT2D eigenvalue weighted by Gasteiger charge is 2.52. The highest BCUT2D eigenvalue weighted by molar-refractivity contribution is 7.00. The van der Waals surface area contributed by atoms with Gasteiger partial charge in [0, 0.05) is 12.2 Å². The van der Waals surface area contributed by atoms with Crippen LogP contribution in [-0.2, 0) is 14.0 Å². The van der Waals surface area contributed by atoms with Crippen LogP contribution in [0.2, 0.25) is 5.04 Å². The van der Waals surface area contributed by atoms with E-state index in [9.17, 15) is 9.59 Å². The standard InChI is InChI=1S/C20H22O4Si/c1-20(2,3)25(16-10-6-4-7-11-16,17-12-8-5-9-13-17)24-19(23)15-14-18(21)22/h4-15H,1-3H3,(H,21,22)/b15-14+. The lowest BCUT2D eigenvalue weighted by atomic mass is 10.2. The van der Waals surface area contributed by atoms with E-state index in [-0.39, 0.29) is 5.04 Å². The Kier molecular flexibility index (Phi) is 5.59. The molecule has 130 valence electrons. The largest absolute Gasteiger partial charge is 0.506 e. The Morgan fingerprint density at radius 1 is 0.880 bits per heavy atom. The van der Waals surface area contributed by atoms with Crippen molar-refractivity contribution in [2.75, 3.05) is 0 Å². The Bertz CT molecular complexity index is 722. The molecule has 4 nitrogen and oxygen atoms in total. The summed E-state index contributed by atoms with van der Waals surface area (Å²) in [5.74, 6) is -1.82. The highest BCUT2D eigenvalue weighted by Crippen LogP contribution is 2.36. The van der Waals surface area contributed by atoms with Gasteiger partial charge in [-0.15, -0.1) is 0 Å². The Balaban J connectivity index is 2.65. The summed E-state index contributed by atoms with van der Waals surface area (Å²) in [5, 5.41) is 10.4. The molecule has 2 aromatic rings. The molecule has 2 rings (SSSR count). The van der Waals surface area contributed by atoms with Crippen molar-refractivity contribution in [2.24, 2.45) is 0 Å². The second-order valence-electron chi connectivity index (χ2n) is 6.76. The first-order valence-electron chi connectivity index (χ1n) is 8.02. The molecule has 0 unspecified atom stereocenters. The van der Waals surface area contributed by atoms with Crippen molar-refractivity contribution < 1.29 is 19.1 Å². The molecule has 5 heteroatoms. The Hall–Kier alpha value is -2.66. The Labute approximate surface area is 148 Å². The predicted octanol–water partition coefficient (Wildman–Crippen LogP) is 2.73. The van der Waals surface area contributed by atoms with Gasteiger partial charge in [0.05, 0.1) is 0 Å². The van der Waals surface area contributed by atoms with Crippen LogP contribution in [0.4, 0.5) is 0 Å². The molecule has 0 aliphatic carbocycles. The molecule has 0 saturated heterocycles. The number of carbonyl (C=O) groups is 2. The summed E-state index contributed by atoms with van der Waals surface area (Å²) in [5.41, 5.74) is 0. The molecule has 0 aliphatic heterocycles. The number of rotatable bonds is 5. The van der Waals surface area contributed by atoms with Gasteiger partial charge >= 0.3 is 20.3 Å². The first-order valence-corrected chi connectivity index (χ1v) is 9.93. The van der Waals surface area contributed by atoms with Crippen LogP contribution in [0.3, 0.4) is 0 Å². The number of carboxylic acid groups (broad SMARTS) is 1. The van der Waals surface area contributed by atoms with Gasteiger partial charge in [-0.1, -0.05) is 81.4 Å². The van der Waals surface area contributed by atoms with E-state index >= 15 is 0 Å². The minimum absolute atomic E-state index is 0.345. The van der Waals surface area contributed by atoms with Crippen LogP contribution in [0.25, 0.3) is 0 Å². The van der Waals surface area contributed by atoms with E-state index in [1.165, 1.54) is 0 Å². The topological polar surface area (TPSA) is 63.6 Å². The van der Waals surface area contributed by atoms with Crippen LogP contribution in [0, 0.1) is 0 Å². The summed E-state index contributed by atoms with van der Waals surface area (Å²) >= 11 is 0. The van der Waals surface area contributed by atoms with Crippen molar-refractivity contribution >= 4 is 30.6 Å². The van der Waals surface area contributed by atoms with E-state index in [2.05, 4.69) is 0 Å². The Morgan fingerprint density at radius 3 is 1.68 bits per heavy atom. The smallest absolute Gasteiger partial charge is 0.328 e. The third kappa shape index (κ3) is 4.06. The van der Waals surface area contributed by atoms with Crippen LogP contribution in [0.5, 0.6) is 0 Å². The molecule has 0 fully saturated rings. The fraction of sp³-hybridized carbons (Fsp3) is 0.200. The minimum Gasteiger partial charge on any atom is -0.506 e. The third-order valence-corrected chi connectivity index (χ3v) is 8.95. The number of hydrogen-bond acceptors (Lipinski definition) is 3. The molecule has 0 aromatic heterocycles. The van der Waals surface area contributed by atoms with Crippen molar-refractivity contribution in [3.8, 4) is 0 Å². The number of carbonyl (C=O) groups excluding carboxylic acids is 1. The second-order valence-corrected chi connectivity index (χ2v) is 11.0. The van der Waals surface area contributed by atoms with Crippen molar-refractivity contribution in [3.63, 3.8) is 0 Å². The lowest BCUT2D eigenvalue weighted by molar-refractivity contribution is -0.133. The summed E-state index contributed by atoms with van der Waals surface area (Å²) in [6.07, 6.45) is 1.78. The molecule has 25 heavy (non-hydrogen) atoms. The first kappa shape index (κ1) is 18.7. The lowest BCUT2D eigenvalue weighted by Crippen LogP contribution is -2.67. The van der Waals surface area contributed by atoms with Crippen LogP contribution >= 0.6 is 0 Å². The molecule has 0 heterocycles. The van der Waals surface area contributed by atoms with Gasteiger partial charge in [-0.05, 0) is 15.4 Å². The molecule has 0 amide bonds. The van der Waals surface area contributed by atoms with E-state index in [1.807, 2.05) is 81.4 Å². The van der Waals surface area contributed by atoms with Crippen molar-refractivity contribution in [2.45, 2.75) is 25.8 Å². The van der Waals surface area contributed by atoms with Gasteiger partial charge < -0.3 is 9.53 Å². The van der Waals surface area contributed by atoms with Crippen molar-refractivity contribution in [1.29, 1.82) is 0 Å². The van der Waals surface area contributed by atoms with Gasteiger partial charge in [0.25, 0.3) is 0 Å². The van der Waals surface area contributed by atoms with Gasteiger partial charge in [0.15, 0.2) is 0 Å². The molecule has 0 bridgehead atoms. The molecule has 1 N–H and O–H groups in total. The predicted molar refractivity (Wildman–Crippen MR) is 100 cm³/mol. The lowest BCUT2D eigenvalue weighted by Gasteiger charge is -2.41. The van der Waals surface area contributed by atoms with Gasteiger partial charge in [-0.2, -0.15) is 0 Å². The van der Waals surface area contributed by atoms with E-state index in [0.29, 0.717) is 0 Å². The summed E-state index contributed by atoms with van der Waals surface area (Å²) in [6.45, 7) is 6.15. The fourth-order valence-corrected chi connectivity index (χ4v) is 7.27. The average Bonchev–Trinajstić information content (AvgIpc) is 2.58.